The molecule has 4 nitrogen and oxygen atoms in total. The molecule has 0 aliphatic carbocycles. The summed E-state index contributed by atoms with van der Waals surface area (Å²) < 4.78 is 0. The second-order valence-electron chi connectivity index (χ2n) is 6.82. The maximum atomic E-state index is 4.73. The zero-order valence-electron chi connectivity index (χ0n) is 13.6. The molecule has 2 rings (SSSR count). The van der Waals surface area contributed by atoms with E-state index in [9.17, 15) is 0 Å². The average molecular weight is 276 g/mol. The van der Waals surface area contributed by atoms with E-state index in [1.807, 2.05) is 0 Å². The van der Waals surface area contributed by atoms with Crippen LogP contribution in [0.15, 0.2) is 0 Å². The molecular weight excluding hydrogens is 248 g/mol. The van der Waals surface area contributed by atoms with Gasteiger partial charge in [0.25, 0.3) is 0 Å². The molecule has 1 aromatic rings. The Morgan fingerprint density at radius 3 is 2.05 bits per heavy atom. The van der Waals surface area contributed by atoms with E-state index in [1.165, 1.54) is 24.8 Å². The molecule has 20 heavy (non-hydrogen) atoms. The molecule has 0 unspecified atom stereocenters. The number of aryl methyl sites for hydroxylation is 2. The summed E-state index contributed by atoms with van der Waals surface area (Å²) in [5, 5.41) is 3.53. The molecule has 0 atom stereocenters. The summed E-state index contributed by atoms with van der Waals surface area (Å²) in [7, 11) is 0. The minimum absolute atomic E-state index is 0.115. The van der Waals surface area contributed by atoms with Crippen molar-refractivity contribution in [2.24, 2.45) is 0 Å². The van der Waals surface area contributed by atoms with Crippen molar-refractivity contribution in [3.05, 3.63) is 17.0 Å². The van der Waals surface area contributed by atoms with Crippen LogP contribution >= 0.6 is 0 Å². The lowest BCUT2D eigenvalue weighted by Gasteiger charge is -2.28. The van der Waals surface area contributed by atoms with E-state index in [2.05, 4.69) is 44.8 Å². The second-order valence-corrected chi connectivity index (χ2v) is 6.82. The Labute approximate surface area is 123 Å². The highest BCUT2D eigenvalue weighted by Gasteiger charge is 2.17. The van der Waals surface area contributed by atoms with Gasteiger partial charge in [-0.25, -0.2) is 9.97 Å². The van der Waals surface area contributed by atoms with Gasteiger partial charge in [-0.1, -0.05) is 0 Å². The van der Waals surface area contributed by atoms with E-state index in [4.69, 9.17) is 9.97 Å². The summed E-state index contributed by atoms with van der Waals surface area (Å²) in [6.07, 6.45) is 3.85. The van der Waals surface area contributed by atoms with Crippen LogP contribution in [0.1, 0.15) is 57.0 Å². The molecule has 0 saturated carbocycles. The topological polar surface area (TPSA) is 41.1 Å². The van der Waals surface area contributed by atoms with Crippen molar-refractivity contribution >= 4 is 5.95 Å². The first-order chi connectivity index (χ1) is 9.37. The molecular formula is C16H28N4. The van der Waals surface area contributed by atoms with Crippen molar-refractivity contribution in [2.45, 2.75) is 66.0 Å². The zero-order valence-corrected chi connectivity index (χ0v) is 13.6. The first kappa shape index (κ1) is 15.2. The van der Waals surface area contributed by atoms with E-state index in [-0.39, 0.29) is 5.54 Å². The van der Waals surface area contributed by atoms with Crippen LogP contribution in [0.2, 0.25) is 0 Å². The SMILES string of the molecule is Cc1nc(N2CCCCC2)nc(C)c1CNC(C)(C)C. The van der Waals surface area contributed by atoms with Crippen LogP contribution in [0.25, 0.3) is 0 Å². The van der Waals surface area contributed by atoms with Gasteiger partial charge in [-0.3, -0.25) is 0 Å². The number of aromatic nitrogens is 2. The number of nitrogens with one attached hydrogen (secondary N) is 1. The molecule has 0 aromatic carbocycles. The summed E-state index contributed by atoms with van der Waals surface area (Å²) in [6, 6.07) is 0. The molecule has 0 amide bonds. The third kappa shape index (κ3) is 3.92. The lowest BCUT2D eigenvalue weighted by atomic mass is 10.1. The Balaban J connectivity index is 2.15. The van der Waals surface area contributed by atoms with Gasteiger partial charge in [0, 0.05) is 42.1 Å². The van der Waals surface area contributed by atoms with Crippen molar-refractivity contribution in [1.29, 1.82) is 0 Å². The number of hydrogen-bond donors (Lipinski definition) is 1. The molecule has 1 aliphatic rings. The fraction of sp³-hybridized carbons (Fsp3) is 0.750. The highest BCUT2D eigenvalue weighted by molar-refractivity contribution is 5.37. The van der Waals surface area contributed by atoms with Crippen LogP contribution in [0.5, 0.6) is 0 Å². The first-order valence-corrected chi connectivity index (χ1v) is 7.71. The maximum Gasteiger partial charge on any atom is 0.225 e. The van der Waals surface area contributed by atoms with Crippen LogP contribution in [0.3, 0.4) is 0 Å². The van der Waals surface area contributed by atoms with Gasteiger partial charge in [0.15, 0.2) is 0 Å². The molecule has 112 valence electrons. The van der Waals surface area contributed by atoms with Crippen LogP contribution in [-0.4, -0.2) is 28.6 Å². The van der Waals surface area contributed by atoms with Gasteiger partial charge in [0.05, 0.1) is 0 Å². The van der Waals surface area contributed by atoms with Gasteiger partial charge in [-0.2, -0.15) is 0 Å². The van der Waals surface area contributed by atoms with Gasteiger partial charge >= 0.3 is 0 Å². The molecule has 0 bridgehead atoms. The quantitative estimate of drug-likeness (QED) is 0.921. The normalized spacial score (nSPS) is 16.6. The van der Waals surface area contributed by atoms with Gasteiger partial charge in [-0.05, 0) is 53.9 Å². The summed E-state index contributed by atoms with van der Waals surface area (Å²) in [5.41, 5.74) is 3.56. The molecule has 4 heteroatoms. The molecule has 1 fully saturated rings. The summed E-state index contributed by atoms with van der Waals surface area (Å²) in [6.45, 7) is 13.8. The van der Waals surface area contributed by atoms with Gasteiger partial charge in [-0.15, -0.1) is 0 Å². The Hall–Kier alpha value is -1.16. The van der Waals surface area contributed by atoms with Crippen molar-refractivity contribution in [2.75, 3.05) is 18.0 Å². The monoisotopic (exact) mass is 276 g/mol. The third-order valence-corrected chi connectivity index (χ3v) is 3.84. The fourth-order valence-electron chi connectivity index (χ4n) is 2.57. The Morgan fingerprint density at radius 2 is 1.55 bits per heavy atom. The first-order valence-electron chi connectivity index (χ1n) is 7.71. The van der Waals surface area contributed by atoms with Gasteiger partial charge in [0.1, 0.15) is 0 Å². The maximum absolute atomic E-state index is 4.73. The van der Waals surface area contributed by atoms with Crippen molar-refractivity contribution in [3.63, 3.8) is 0 Å². The Kier molecular flexibility index (Phi) is 4.63. The van der Waals surface area contributed by atoms with E-state index < -0.39 is 0 Å². The lowest BCUT2D eigenvalue weighted by molar-refractivity contribution is 0.422. The summed E-state index contributed by atoms with van der Waals surface area (Å²) in [5.74, 6) is 0.916. The number of piperidine rings is 1. The van der Waals surface area contributed by atoms with E-state index in [1.54, 1.807) is 0 Å². The minimum atomic E-state index is 0.115. The predicted molar refractivity (Wildman–Crippen MR) is 84.2 cm³/mol. The van der Waals surface area contributed by atoms with Crippen LogP contribution in [0, 0.1) is 13.8 Å². The van der Waals surface area contributed by atoms with E-state index in [0.29, 0.717) is 0 Å². The third-order valence-electron chi connectivity index (χ3n) is 3.84. The van der Waals surface area contributed by atoms with Gasteiger partial charge in [0.2, 0.25) is 5.95 Å². The molecule has 1 N–H and O–H groups in total. The average Bonchev–Trinajstić information content (AvgIpc) is 2.37. The van der Waals surface area contributed by atoms with E-state index in [0.717, 1.165) is 37.0 Å². The highest BCUT2D eigenvalue weighted by Crippen LogP contribution is 2.19. The molecule has 1 saturated heterocycles. The Morgan fingerprint density at radius 1 is 1.00 bits per heavy atom. The smallest absolute Gasteiger partial charge is 0.225 e. The van der Waals surface area contributed by atoms with Crippen molar-refractivity contribution in [1.82, 2.24) is 15.3 Å². The lowest BCUT2D eigenvalue weighted by Crippen LogP contribution is -2.36. The molecule has 1 aromatic heterocycles. The number of hydrogen-bond acceptors (Lipinski definition) is 4. The molecule has 2 heterocycles. The van der Waals surface area contributed by atoms with Crippen LogP contribution in [-0.2, 0) is 6.54 Å². The fourth-order valence-corrected chi connectivity index (χ4v) is 2.57. The van der Waals surface area contributed by atoms with Gasteiger partial charge < -0.3 is 10.2 Å². The largest absolute Gasteiger partial charge is 0.341 e. The van der Waals surface area contributed by atoms with Crippen LogP contribution in [0.4, 0.5) is 5.95 Å². The number of rotatable bonds is 3. The molecule has 0 radical (unpaired) electrons. The molecule has 1 aliphatic heterocycles. The number of nitrogens with zero attached hydrogens (tertiary/aromatic N) is 3. The standard InChI is InChI=1S/C16H28N4/c1-12-14(11-17-16(3,4)5)13(2)19-15(18-12)20-9-7-6-8-10-20/h17H,6-11H2,1-5H3. The Bertz CT molecular complexity index is 433. The van der Waals surface area contributed by atoms with E-state index >= 15 is 0 Å². The zero-order chi connectivity index (χ0) is 14.8. The summed E-state index contributed by atoms with van der Waals surface area (Å²) >= 11 is 0. The summed E-state index contributed by atoms with van der Waals surface area (Å²) in [4.78, 5) is 11.8. The van der Waals surface area contributed by atoms with Crippen molar-refractivity contribution in [3.8, 4) is 0 Å². The predicted octanol–water partition coefficient (Wildman–Crippen LogP) is 2.97. The minimum Gasteiger partial charge on any atom is -0.341 e. The highest BCUT2D eigenvalue weighted by atomic mass is 15.3. The van der Waals surface area contributed by atoms with Crippen LogP contribution < -0.4 is 10.2 Å². The number of anilines is 1. The van der Waals surface area contributed by atoms with Crippen molar-refractivity contribution < 1.29 is 0 Å². The second kappa shape index (κ2) is 6.08. The molecule has 0 spiro atoms.